The molecule has 4 atom stereocenters. The zero-order valence-electron chi connectivity index (χ0n) is 6.08. The fourth-order valence-corrected chi connectivity index (χ4v) is 0.371. The molecule has 5 nitrogen and oxygen atoms in total. The second-order valence-electron chi connectivity index (χ2n) is 1.76. The molecule has 0 bridgehead atoms. The summed E-state index contributed by atoms with van der Waals surface area (Å²) in [5, 5.41) is 34.4. The number of aliphatic hydroxyl groups excluding tert-OH is 4. The topological polar surface area (TPSA) is 98.0 Å². The van der Waals surface area contributed by atoms with Crippen molar-refractivity contribution in [2.75, 3.05) is 6.58 Å². The maximum absolute atomic E-state index is 9.81. The first kappa shape index (κ1) is 7.62. The molecule has 0 heterocycles. The summed E-state index contributed by atoms with van der Waals surface area (Å²) in [5.41, 5.74) is 0. The highest BCUT2D eigenvalue weighted by atomic mass is 16.4. The smallest absolute Gasteiger partial charge is 0.151 e. The van der Waals surface area contributed by atoms with Crippen molar-refractivity contribution < 1.29 is 26.6 Å². The molecule has 5 heteroatoms. The fraction of sp³-hybridized carbons (Fsp3) is 0.800. The number of carbonyl (C=O) groups excluding carboxylic acids is 1. The van der Waals surface area contributed by atoms with Crippen LogP contribution in [0, 0.1) is 0 Å². The minimum Gasteiger partial charge on any atom is -0.394 e. The second-order valence-corrected chi connectivity index (χ2v) is 1.76. The Labute approximate surface area is 58.9 Å². The van der Waals surface area contributed by atoms with Crippen molar-refractivity contribution in [2.45, 2.75) is 18.3 Å². The molecular formula is C5H10O5. The van der Waals surface area contributed by atoms with Gasteiger partial charge in [-0.05, 0) is 0 Å². The molecule has 0 radical (unpaired) electrons. The normalized spacial score (nSPS) is 24.2. The van der Waals surface area contributed by atoms with Crippen LogP contribution in [-0.2, 0) is 4.79 Å². The van der Waals surface area contributed by atoms with E-state index in [1.54, 1.807) is 0 Å². The van der Waals surface area contributed by atoms with E-state index in [1.807, 2.05) is 0 Å². The molecule has 0 aliphatic rings. The Morgan fingerprint density at radius 1 is 1.50 bits per heavy atom. The van der Waals surface area contributed by atoms with Crippen molar-refractivity contribution in [3.63, 3.8) is 0 Å². The summed E-state index contributed by atoms with van der Waals surface area (Å²) in [6.45, 7) is -1.93. The van der Waals surface area contributed by atoms with Crippen molar-refractivity contribution in [2.24, 2.45) is 0 Å². The Kier molecular flexibility index (Phi) is 3.31. The molecule has 0 aromatic rings. The number of aldehydes is 1. The Hall–Kier alpha value is -0.490. The van der Waals surface area contributed by atoms with Crippen LogP contribution in [0.4, 0.5) is 0 Å². The lowest BCUT2D eigenvalue weighted by molar-refractivity contribution is -0.127. The van der Waals surface area contributed by atoms with Gasteiger partial charge in [0.2, 0.25) is 0 Å². The molecule has 0 unspecified atom stereocenters. The second kappa shape index (κ2) is 4.35. The van der Waals surface area contributed by atoms with E-state index < -0.39 is 24.9 Å². The van der Waals surface area contributed by atoms with Crippen LogP contribution in [0.2, 0.25) is 0 Å². The van der Waals surface area contributed by atoms with Gasteiger partial charge in [0.05, 0.1) is 7.95 Å². The summed E-state index contributed by atoms with van der Waals surface area (Å²) in [6, 6.07) is 0. The highest BCUT2D eigenvalue weighted by molar-refractivity contribution is 5.56. The highest BCUT2D eigenvalue weighted by Crippen LogP contribution is 1.96. The molecule has 10 heavy (non-hydrogen) atoms. The van der Waals surface area contributed by atoms with Crippen LogP contribution >= 0.6 is 0 Å². The van der Waals surface area contributed by atoms with Crippen LogP contribution in [-0.4, -0.2) is 51.6 Å². The van der Waals surface area contributed by atoms with Crippen LogP contribution < -0.4 is 0 Å². The number of hydrogen-bond acceptors (Lipinski definition) is 5. The molecule has 0 amide bonds. The third kappa shape index (κ3) is 2.40. The maximum atomic E-state index is 9.81. The molecule has 0 rings (SSSR count). The van der Waals surface area contributed by atoms with Crippen LogP contribution in [0.1, 0.15) is 1.37 Å². The molecule has 0 fully saturated rings. The van der Waals surface area contributed by atoms with E-state index >= 15 is 0 Å². The summed E-state index contributed by atoms with van der Waals surface area (Å²) >= 11 is 0. The third-order valence-electron chi connectivity index (χ3n) is 0.992. The van der Waals surface area contributed by atoms with E-state index in [2.05, 4.69) is 0 Å². The lowest BCUT2D eigenvalue weighted by Crippen LogP contribution is -2.40. The summed E-state index contributed by atoms with van der Waals surface area (Å²) < 4.78 is 6.50. The molecular weight excluding hydrogens is 140 g/mol. The first-order chi connectivity index (χ1) is 5.00. The zero-order chi connectivity index (χ0) is 9.02. The Morgan fingerprint density at radius 3 is 2.30 bits per heavy atom. The first-order valence-electron chi connectivity index (χ1n) is 3.18. The zero-order valence-corrected chi connectivity index (χ0v) is 5.08. The fourth-order valence-electron chi connectivity index (χ4n) is 0.371. The standard InChI is InChI=1S/C5H10O5/c6-1-3(8)5(10)4(9)2-7/h1,3-5,7-10H,2H2/t3-,4+,5-/m0/s1/i2D/t2-,3-,4+,5-. The van der Waals surface area contributed by atoms with Gasteiger partial charge in [0.15, 0.2) is 6.29 Å². The van der Waals surface area contributed by atoms with Gasteiger partial charge in [0.25, 0.3) is 0 Å². The van der Waals surface area contributed by atoms with Crippen molar-refractivity contribution in [3.05, 3.63) is 0 Å². The van der Waals surface area contributed by atoms with Gasteiger partial charge < -0.3 is 25.2 Å². The van der Waals surface area contributed by atoms with E-state index in [9.17, 15) is 4.79 Å². The molecule has 0 aliphatic heterocycles. The number of aliphatic hydroxyl groups is 4. The van der Waals surface area contributed by atoms with Crippen molar-refractivity contribution in [1.29, 1.82) is 0 Å². The van der Waals surface area contributed by atoms with Crippen LogP contribution in [0.5, 0.6) is 0 Å². The Balaban J connectivity index is 4.00. The average Bonchev–Trinajstić information content (AvgIpc) is 2.00. The molecule has 4 N–H and O–H groups in total. The summed E-state index contributed by atoms with van der Waals surface area (Å²) in [7, 11) is 0. The lowest BCUT2D eigenvalue weighted by Gasteiger charge is -2.16. The summed E-state index contributed by atoms with van der Waals surface area (Å²) in [6.07, 6.45) is -5.42. The molecule has 0 aromatic heterocycles. The van der Waals surface area contributed by atoms with Gasteiger partial charge in [-0.2, -0.15) is 0 Å². The average molecular weight is 151 g/mol. The molecule has 60 valence electrons. The van der Waals surface area contributed by atoms with E-state index in [0.717, 1.165) is 0 Å². The summed E-state index contributed by atoms with van der Waals surface area (Å²) in [4.78, 5) is 9.81. The van der Waals surface area contributed by atoms with Crippen LogP contribution in [0.15, 0.2) is 0 Å². The SMILES string of the molecule is [2H][C@H](O)[C@@H](O)[C@@H](O)[C@@H](O)C=O. The van der Waals surface area contributed by atoms with E-state index in [0.29, 0.717) is 0 Å². The van der Waals surface area contributed by atoms with Gasteiger partial charge >= 0.3 is 0 Å². The first-order valence-corrected chi connectivity index (χ1v) is 2.60. The molecule has 0 spiro atoms. The molecule has 0 saturated carbocycles. The minimum atomic E-state index is -1.93. The van der Waals surface area contributed by atoms with Gasteiger partial charge in [0, 0.05) is 0 Å². The highest BCUT2D eigenvalue weighted by Gasteiger charge is 2.22. The van der Waals surface area contributed by atoms with E-state index in [1.165, 1.54) is 0 Å². The van der Waals surface area contributed by atoms with Gasteiger partial charge in [-0.3, -0.25) is 0 Å². The van der Waals surface area contributed by atoms with Crippen LogP contribution in [0.25, 0.3) is 0 Å². The van der Waals surface area contributed by atoms with Crippen molar-refractivity contribution >= 4 is 6.29 Å². The van der Waals surface area contributed by atoms with Crippen molar-refractivity contribution in [3.8, 4) is 0 Å². The molecule has 0 aliphatic carbocycles. The maximum Gasteiger partial charge on any atom is 0.151 e. The summed E-state index contributed by atoms with van der Waals surface area (Å²) in [5.74, 6) is 0. The lowest BCUT2D eigenvalue weighted by atomic mass is 10.1. The number of rotatable bonds is 4. The predicted octanol–water partition coefficient (Wildman–Crippen LogP) is -2.74. The van der Waals surface area contributed by atoms with Gasteiger partial charge in [-0.25, -0.2) is 0 Å². The van der Waals surface area contributed by atoms with Gasteiger partial charge in [-0.15, -0.1) is 0 Å². The largest absolute Gasteiger partial charge is 0.394 e. The van der Waals surface area contributed by atoms with Crippen LogP contribution in [0.3, 0.4) is 0 Å². The quantitative estimate of drug-likeness (QED) is 0.327. The van der Waals surface area contributed by atoms with Crippen molar-refractivity contribution in [1.82, 2.24) is 0 Å². The Bertz CT molecular complexity index is 128. The predicted molar refractivity (Wildman–Crippen MR) is 31.2 cm³/mol. The van der Waals surface area contributed by atoms with E-state index in [4.69, 9.17) is 21.8 Å². The monoisotopic (exact) mass is 151 g/mol. The van der Waals surface area contributed by atoms with Gasteiger partial charge in [-0.1, -0.05) is 0 Å². The minimum absolute atomic E-state index is 0.0102. The van der Waals surface area contributed by atoms with E-state index in [-0.39, 0.29) is 6.29 Å². The number of hydrogen-bond donors (Lipinski definition) is 4. The molecule has 0 aromatic carbocycles. The third-order valence-corrected chi connectivity index (χ3v) is 0.992. The Morgan fingerprint density at radius 2 is 2.00 bits per heavy atom. The molecule has 0 saturated heterocycles. The number of carbonyl (C=O) groups is 1. The van der Waals surface area contributed by atoms with Gasteiger partial charge in [0.1, 0.15) is 18.3 Å².